The first kappa shape index (κ1) is 28.7. The molecule has 0 aliphatic carbocycles. The Morgan fingerprint density at radius 3 is 2.27 bits per heavy atom. The number of piperidine rings is 1. The highest BCUT2D eigenvalue weighted by Crippen LogP contribution is 2.40. The molecule has 5 aromatic rings. The van der Waals surface area contributed by atoms with Crippen LogP contribution in [0.15, 0.2) is 103 Å². The molecule has 6 rings (SSSR count). The number of halogens is 1. The number of thiophene rings is 1. The van der Waals surface area contributed by atoms with Gasteiger partial charge in [0.2, 0.25) is 0 Å². The molecule has 1 aliphatic rings. The van der Waals surface area contributed by atoms with E-state index in [1.807, 2.05) is 66.7 Å². The van der Waals surface area contributed by atoms with E-state index in [0.29, 0.717) is 29.4 Å². The molecule has 210 valence electrons. The summed E-state index contributed by atoms with van der Waals surface area (Å²) >= 11 is 1.72. The Bertz CT molecular complexity index is 1550. The highest BCUT2D eigenvalue weighted by atomic mass is 35.5. The Morgan fingerprint density at radius 1 is 0.756 bits per heavy atom. The second-order valence-electron chi connectivity index (χ2n) is 9.89. The molecule has 0 amide bonds. The maximum absolute atomic E-state index is 12.9. The minimum atomic E-state index is -0.433. The van der Waals surface area contributed by atoms with E-state index in [0.717, 1.165) is 35.8 Å². The van der Waals surface area contributed by atoms with E-state index < -0.39 is 5.97 Å². The average molecular weight is 586 g/mol. The van der Waals surface area contributed by atoms with Crippen molar-refractivity contribution in [1.29, 1.82) is 0 Å². The van der Waals surface area contributed by atoms with Gasteiger partial charge in [-0.3, -0.25) is 4.90 Å². The Hall–Kier alpha value is -3.84. The lowest BCUT2D eigenvalue weighted by molar-refractivity contribution is 0.0730. The van der Waals surface area contributed by atoms with Crippen molar-refractivity contribution >= 4 is 39.8 Å². The van der Waals surface area contributed by atoms with E-state index in [2.05, 4.69) is 23.1 Å². The van der Waals surface area contributed by atoms with Gasteiger partial charge >= 0.3 is 5.97 Å². The second-order valence-corrected chi connectivity index (χ2v) is 11.0. The summed E-state index contributed by atoms with van der Waals surface area (Å²) < 4.78 is 19.3. The van der Waals surface area contributed by atoms with Gasteiger partial charge in [-0.1, -0.05) is 42.8 Å². The first-order valence-electron chi connectivity index (χ1n) is 13.7. The fourth-order valence-electron chi connectivity index (χ4n) is 4.89. The third kappa shape index (κ3) is 7.27. The number of hydrogen-bond acceptors (Lipinski definition) is 6. The van der Waals surface area contributed by atoms with Gasteiger partial charge in [-0.2, -0.15) is 0 Å². The summed E-state index contributed by atoms with van der Waals surface area (Å²) in [6.07, 6.45) is 3.89. The number of rotatable bonds is 9. The highest BCUT2D eigenvalue weighted by Gasteiger charge is 2.16. The molecule has 0 atom stereocenters. The van der Waals surface area contributed by atoms with Crippen molar-refractivity contribution in [3.05, 3.63) is 109 Å². The van der Waals surface area contributed by atoms with Gasteiger partial charge < -0.3 is 14.2 Å². The molecule has 2 heterocycles. The van der Waals surface area contributed by atoms with E-state index >= 15 is 0 Å². The molecule has 0 N–H and O–H groups in total. The van der Waals surface area contributed by atoms with Gasteiger partial charge in [0.05, 0.1) is 5.56 Å². The zero-order chi connectivity index (χ0) is 27.1. The average Bonchev–Trinajstić information content (AvgIpc) is 3.44. The molecule has 7 heteroatoms. The molecule has 0 unspecified atom stereocenters. The van der Waals surface area contributed by atoms with Crippen LogP contribution >= 0.6 is 23.7 Å². The van der Waals surface area contributed by atoms with Crippen LogP contribution in [0.1, 0.15) is 29.6 Å². The molecule has 1 fully saturated rings. The van der Waals surface area contributed by atoms with Crippen molar-refractivity contribution in [1.82, 2.24) is 4.90 Å². The molecule has 0 spiro atoms. The summed E-state index contributed by atoms with van der Waals surface area (Å²) in [7, 11) is 0. The van der Waals surface area contributed by atoms with E-state index in [1.165, 1.54) is 29.3 Å². The van der Waals surface area contributed by atoms with Crippen LogP contribution in [0.2, 0.25) is 0 Å². The van der Waals surface area contributed by atoms with Crippen LogP contribution in [0.3, 0.4) is 0 Å². The maximum atomic E-state index is 12.9. The standard InChI is InChI=1S/C34H31NO4S.ClH/c36-34(25-9-3-1-4-10-25)39-30-18-13-27(33-24-26-11-5-6-12-32(26)40-33)23-31(30)38-29-16-14-28(15-17-29)37-22-21-35-19-7-2-8-20-35;/h1,3-6,9-18,23-24H,2,7-8,19-22H2;1H. The van der Waals surface area contributed by atoms with E-state index in [4.69, 9.17) is 14.2 Å². The molecule has 1 aliphatic heterocycles. The first-order valence-corrected chi connectivity index (χ1v) is 14.6. The van der Waals surface area contributed by atoms with Crippen LogP contribution in [-0.2, 0) is 0 Å². The molecular formula is C34H32ClNO4S. The predicted octanol–water partition coefficient (Wildman–Crippen LogP) is 8.87. The number of carbonyl (C=O) groups is 1. The van der Waals surface area contributed by atoms with Crippen LogP contribution in [-0.4, -0.2) is 37.1 Å². The van der Waals surface area contributed by atoms with Gasteiger partial charge in [-0.15, -0.1) is 23.7 Å². The summed E-state index contributed by atoms with van der Waals surface area (Å²) in [5.74, 6) is 1.84. The lowest BCUT2D eigenvalue weighted by Gasteiger charge is -2.26. The number of fused-ring (bicyclic) bond motifs is 1. The van der Waals surface area contributed by atoms with Crippen LogP contribution in [0.4, 0.5) is 0 Å². The highest BCUT2D eigenvalue weighted by molar-refractivity contribution is 7.22. The van der Waals surface area contributed by atoms with Gasteiger partial charge in [-0.05, 0) is 104 Å². The number of carbonyl (C=O) groups excluding carboxylic acids is 1. The zero-order valence-corrected chi connectivity index (χ0v) is 24.3. The quantitative estimate of drug-likeness (QED) is 0.128. The maximum Gasteiger partial charge on any atom is 0.343 e. The lowest BCUT2D eigenvalue weighted by atomic mass is 10.1. The molecule has 41 heavy (non-hydrogen) atoms. The van der Waals surface area contributed by atoms with Crippen LogP contribution in [0, 0.1) is 0 Å². The topological polar surface area (TPSA) is 48.0 Å². The SMILES string of the molecule is Cl.O=C(Oc1ccc(-c2cc3ccccc3s2)cc1Oc1ccc(OCCN2CCCCC2)cc1)c1ccccc1. The van der Waals surface area contributed by atoms with Crippen molar-refractivity contribution in [3.8, 4) is 33.4 Å². The van der Waals surface area contributed by atoms with E-state index in [1.54, 1.807) is 29.5 Å². The van der Waals surface area contributed by atoms with Gasteiger partial charge in [0, 0.05) is 16.1 Å². The van der Waals surface area contributed by atoms with E-state index in [-0.39, 0.29) is 12.4 Å². The predicted molar refractivity (Wildman–Crippen MR) is 168 cm³/mol. The van der Waals surface area contributed by atoms with Crippen molar-refractivity contribution in [2.45, 2.75) is 19.3 Å². The number of nitrogens with zero attached hydrogens (tertiary/aromatic N) is 1. The van der Waals surface area contributed by atoms with Crippen molar-refractivity contribution in [3.63, 3.8) is 0 Å². The number of esters is 1. The Morgan fingerprint density at radius 2 is 1.49 bits per heavy atom. The first-order chi connectivity index (χ1) is 19.7. The van der Waals surface area contributed by atoms with Gasteiger partial charge in [0.25, 0.3) is 0 Å². The zero-order valence-electron chi connectivity index (χ0n) is 22.7. The summed E-state index contributed by atoms with van der Waals surface area (Å²) in [5.41, 5.74) is 1.47. The summed E-state index contributed by atoms with van der Waals surface area (Å²) in [6.45, 7) is 3.93. The Balaban J connectivity index is 0.00000337. The summed E-state index contributed by atoms with van der Waals surface area (Å²) in [4.78, 5) is 16.4. The fraction of sp³-hybridized carbons (Fsp3) is 0.206. The number of likely N-dealkylation sites (tertiary alicyclic amines) is 1. The minimum Gasteiger partial charge on any atom is -0.492 e. The minimum absolute atomic E-state index is 0. The van der Waals surface area contributed by atoms with Gasteiger partial charge in [0.1, 0.15) is 18.1 Å². The Kier molecular flexibility index (Phi) is 9.57. The van der Waals surface area contributed by atoms with Crippen molar-refractivity contribution < 1.29 is 19.0 Å². The van der Waals surface area contributed by atoms with Crippen LogP contribution in [0.25, 0.3) is 20.5 Å². The van der Waals surface area contributed by atoms with Gasteiger partial charge in [-0.25, -0.2) is 4.79 Å². The number of hydrogen-bond donors (Lipinski definition) is 0. The van der Waals surface area contributed by atoms with Gasteiger partial charge in [0.15, 0.2) is 11.5 Å². The molecule has 1 saturated heterocycles. The van der Waals surface area contributed by atoms with Crippen molar-refractivity contribution in [2.24, 2.45) is 0 Å². The normalized spacial score (nSPS) is 13.4. The largest absolute Gasteiger partial charge is 0.492 e. The third-order valence-corrected chi connectivity index (χ3v) is 8.21. The van der Waals surface area contributed by atoms with Crippen molar-refractivity contribution in [2.75, 3.05) is 26.2 Å². The Labute approximate surface area is 250 Å². The molecule has 1 aromatic heterocycles. The molecule has 0 radical (unpaired) electrons. The monoisotopic (exact) mass is 585 g/mol. The molecule has 5 nitrogen and oxygen atoms in total. The molecule has 4 aromatic carbocycles. The summed E-state index contributed by atoms with van der Waals surface area (Å²) in [6, 6.07) is 32.7. The molecule has 0 saturated carbocycles. The molecule has 0 bridgehead atoms. The summed E-state index contributed by atoms with van der Waals surface area (Å²) in [5, 5.41) is 1.19. The smallest absolute Gasteiger partial charge is 0.343 e. The van der Waals surface area contributed by atoms with Crippen LogP contribution in [0.5, 0.6) is 23.0 Å². The fourth-order valence-corrected chi connectivity index (χ4v) is 5.95. The van der Waals surface area contributed by atoms with E-state index in [9.17, 15) is 4.79 Å². The number of benzene rings is 4. The number of ether oxygens (including phenoxy) is 3. The van der Waals surface area contributed by atoms with Crippen LogP contribution < -0.4 is 14.2 Å². The second kappa shape index (κ2) is 13.7. The lowest BCUT2D eigenvalue weighted by Crippen LogP contribution is -2.33. The molecular weight excluding hydrogens is 554 g/mol. The third-order valence-electron chi connectivity index (χ3n) is 7.04.